The summed E-state index contributed by atoms with van der Waals surface area (Å²) < 4.78 is 22.7. The SMILES string of the molecule is CC/C=C\C/C=C\C/C=C\C/C=C\C/C=C\C/C=C\C/C=C\C/C=C\CCCCC(=O)OC(COC(=O)CCCCCCC/C=C\CCCCC)COC(OCC[N+](C)(C)C)C(=O)O. The molecular weight excluding hydrogens is 803 g/mol. The van der Waals surface area contributed by atoms with E-state index in [0.717, 1.165) is 109 Å². The Balaban J connectivity index is 4.46. The normalized spacial score (nSPS) is 13.8. The highest BCUT2D eigenvalue weighted by atomic mass is 16.7. The predicted molar refractivity (Wildman–Crippen MR) is 267 cm³/mol. The number of carboxylic acids is 1. The van der Waals surface area contributed by atoms with Crippen LogP contribution in [0.3, 0.4) is 0 Å². The molecule has 9 nitrogen and oxygen atoms in total. The van der Waals surface area contributed by atoms with Crippen molar-refractivity contribution in [3.63, 3.8) is 0 Å². The molecule has 1 N–H and O–H groups in total. The topological polar surface area (TPSA) is 108 Å². The molecule has 0 amide bonds. The fourth-order valence-corrected chi connectivity index (χ4v) is 5.96. The number of rotatable bonds is 43. The van der Waals surface area contributed by atoms with Gasteiger partial charge in [-0.3, -0.25) is 9.59 Å². The van der Waals surface area contributed by atoms with E-state index in [1.54, 1.807) is 0 Å². The second-order valence-electron chi connectivity index (χ2n) is 17.0. The number of aliphatic carboxylic acids is 1. The first-order chi connectivity index (χ1) is 31.1. The largest absolute Gasteiger partial charge is 0.477 e. The minimum Gasteiger partial charge on any atom is -0.477 e. The third-order valence-corrected chi connectivity index (χ3v) is 9.76. The molecule has 0 spiro atoms. The molecule has 0 aromatic carbocycles. The number of unbranched alkanes of at least 4 members (excludes halogenated alkanes) is 10. The summed E-state index contributed by atoms with van der Waals surface area (Å²) in [5.41, 5.74) is 0. The van der Waals surface area contributed by atoms with E-state index in [-0.39, 0.29) is 38.6 Å². The Kier molecular flexibility index (Phi) is 42.6. The van der Waals surface area contributed by atoms with Crippen LogP contribution >= 0.6 is 0 Å². The van der Waals surface area contributed by atoms with Crippen molar-refractivity contribution < 1.29 is 42.9 Å². The minimum absolute atomic E-state index is 0.171. The average Bonchev–Trinajstić information content (AvgIpc) is 3.26. The standard InChI is InChI=1S/C55H89NO8/c1-6-8-10-12-14-16-18-20-21-22-23-24-25-26-27-28-29-30-31-32-33-34-36-38-40-42-44-46-53(58)64-51(50-63-55(54(59)60)61-48-47-56(3,4)5)49-62-52(57)45-43-41-39-37-35-19-17-15-13-11-9-7-2/h8,10,14-17,20-21,23-24,26-27,29-30,32-33,36,38,51,55H,6-7,9,11-13,18-19,22,25,28,31,34-35,37,39-50H2,1-5H3/p+1/b10-8-,16-14-,17-15-,21-20-,24-23-,27-26-,30-29-,33-32-,38-36-. The lowest BCUT2D eigenvalue weighted by Crippen LogP contribution is -2.40. The smallest absolute Gasteiger partial charge is 0.361 e. The fraction of sp³-hybridized carbons (Fsp3) is 0.618. The Morgan fingerprint density at radius 3 is 1.38 bits per heavy atom. The Hall–Kier alpha value is -4.05. The van der Waals surface area contributed by atoms with E-state index in [4.69, 9.17) is 18.9 Å². The summed E-state index contributed by atoms with van der Waals surface area (Å²) in [6, 6.07) is 0. The number of esters is 2. The van der Waals surface area contributed by atoms with Crippen LogP contribution in [-0.4, -0.2) is 87.4 Å². The molecule has 0 heterocycles. The van der Waals surface area contributed by atoms with Crippen molar-refractivity contribution in [1.29, 1.82) is 0 Å². The van der Waals surface area contributed by atoms with Gasteiger partial charge in [0.15, 0.2) is 6.10 Å². The molecule has 0 radical (unpaired) electrons. The van der Waals surface area contributed by atoms with Gasteiger partial charge in [0.2, 0.25) is 0 Å². The van der Waals surface area contributed by atoms with Gasteiger partial charge in [-0.25, -0.2) is 4.79 Å². The van der Waals surface area contributed by atoms with Crippen LogP contribution in [0.1, 0.15) is 162 Å². The Labute approximate surface area is 390 Å². The van der Waals surface area contributed by atoms with E-state index in [0.29, 0.717) is 17.4 Å². The lowest BCUT2D eigenvalue weighted by atomic mass is 10.1. The van der Waals surface area contributed by atoms with E-state index in [1.165, 1.54) is 19.3 Å². The number of likely N-dealkylation sites (N-methyl/N-ethyl adjacent to an activating group) is 1. The monoisotopic (exact) mass is 893 g/mol. The van der Waals surface area contributed by atoms with Crippen molar-refractivity contribution >= 4 is 17.9 Å². The maximum absolute atomic E-state index is 12.8. The van der Waals surface area contributed by atoms with Crippen molar-refractivity contribution in [2.24, 2.45) is 0 Å². The summed E-state index contributed by atoms with van der Waals surface area (Å²) >= 11 is 0. The van der Waals surface area contributed by atoms with Crippen LogP contribution in [-0.2, 0) is 33.3 Å². The molecule has 0 bridgehead atoms. The molecule has 2 unspecified atom stereocenters. The van der Waals surface area contributed by atoms with Crippen molar-refractivity contribution in [1.82, 2.24) is 0 Å². The van der Waals surface area contributed by atoms with Gasteiger partial charge in [-0.15, -0.1) is 0 Å². The maximum atomic E-state index is 12.8. The summed E-state index contributed by atoms with van der Waals surface area (Å²) in [4.78, 5) is 37.1. The van der Waals surface area contributed by atoms with Crippen molar-refractivity contribution in [3.8, 4) is 0 Å². The zero-order valence-electron chi connectivity index (χ0n) is 40.9. The number of nitrogens with zero attached hydrogens (tertiary/aromatic N) is 1. The quantitative estimate of drug-likeness (QED) is 0.0212. The molecule has 0 saturated carbocycles. The molecule has 0 aromatic heterocycles. The molecule has 0 aliphatic rings. The maximum Gasteiger partial charge on any atom is 0.361 e. The molecule has 0 saturated heterocycles. The van der Waals surface area contributed by atoms with Gasteiger partial charge in [-0.1, -0.05) is 155 Å². The lowest BCUT2D eigenvalue weighted by Gasteiger charge is -2.25. The summed E-state index contributed by atoms with van der Waals surface area (Å²) in [7, 11) is 5.93. The van der Waals surface area contributed by atoms with Crippen molar-refractivity contribution in [2.45, 2.75) is 174 Å². The Morgan fingerprint density at radius 2 is 0.891 bits per heavy atom. The highest BCUT2D eigenvalue weighted by molar-refractivity contribution is 5.71. The van der Waals surface area contributed by atoms with Crippen LogP contribution in [0.2, 0.25) is 0 Å². The minimum atomic E-state index is -1.53. The lowest BCUT2D eigenvalue weighted by molar-refractivity contribution is -0.870. The number of hydrogen-bond donors (Lipinski definition) is 1. The average molecular weight is 893 g/mol. The van der Waals surface area contributed by atoms with Crippen molar-refractivity contribution in [2.75, 3.05) is 47.5 Å². The predicted octanol–water partition coefficient (Wildman–Crippen LogP) is 13.6. The van der Waals surface area contributed by atoms with Crippen LogP contribution in [0.5, 0.6) is 0 Å². The Bertz CT molecular complexity index is 1410. The summed E-state index contributed by atoms with van der Waals surface area (Å²) in [6.45, 7) is 4.64. The second-order valence-corrected chi connectivity index (χ2v) is 17.0. The van der Waals surface area contributed by atoms with Gasteiger partial charge in [0.05, 0.1) is 34.4 Å². The second kappa shape index (κ2) is 45.5. The summed E-state index contributed by atoms with van der Waals surface area (Å²) in [5, 5.41) is 9.65. The van der Waals surface area contributed by atoms with Gasteiger partial charge in [-0.05, 0) is 103 Å². The molecule has 2 atom stereocenters. The van der Waals surface area contributed by atoms with Crippen LogP contribution < -0.4 is 0 Å². The number of hydrogen-bond acceptors (Lipinski definition) is 7. The van der Waals surface area contributed by atoms with Crippen LogP contribution in [0.4, 0.5) is 0 Å². The van der Waals surface area contributed by atoms with Gasteiger partial charge in [0.1, 0.15) is 13.2 Å². The first-order valence-corrected chi connectivity index (χ1v) is 24.6. The van der Waals surface area contributed by atoms with E-state index in [1.807, 2.05) is 21.1 Å². The third kappa shape index (κ3) is 46.0. The molecule has 0 aliphatic carbocycles. The first-order valence-electron chi connectivity index (χ1n) is 24.6. The highest BCUT2D eigenvalue weighted by Gasteiger charge is 2.25. The first kappa shape index (κ1) is 60.0. The zero-order valence-corrected chi connectivity index (χ0v) is 40.9. The van der Waals surface area contributed by atoms with E-state index < -0.39 is 24.3 Å². The number of allylic oxidation sites excluding steroid dienone is 18. The highest BCUT2D eigenvalue weighted by Crippen LogP contribution is 2.11. The van der Waals surface area contributed by atoms with E-state index in [2.05, 4.69) is 123 Å². The van der Waals surface area contributed by atoms with Gasteiger partial charge in [-0.2, -0.15) is 0 Å². The molecule has 0 rings (SSSR count). The van der Waals surface area contributed by atoms with Gasteiger partial charge in [0, 0.05) is 12.8 Å². The molecule has 0 fully saturated rings. The molecule has 9 heteroatoms. The van der Waals surface area contributed by atoms with Gasteiger partial charge >= 0.3 is 17.9 Å². The van der Waals surface area contributed by atoms with Crippen LogP contribution in [0.25, 0.3) is 0 Å². The molecule has 0 aliphatic heterocycles. The molecular formula is C55H90NO8+. The van der Waals surface area contributed by atoms with Gasteiger partial charge < -0.3 is 28.5 Å². The number of quaternary nitrogens is 1. The number of ether oxygens (including phenoxy) is 4. The number of carbonyl (C=O) groups excluding carboxylic acids is 2. The van der Waals surface area contributed by atoms with Crippen LogP contribution in [0, 0.1) is 0 Å². The molecule has 362 valence electrons. The number of carboxylic acid groups (broad SMARTS) is 1. The van der Waals surface area contributed by atoms with E-state index >= 15 is 0 Å². The van der Waals surface area contributed by atoms with Crippen LogP contribution in [0.15, 0.2) is 109 Å². The Morgan fingerprint density at radius 1 is 0.484 bits per heavy atom. The molecule has 0 aromatic rings. The van der Waals surface area contributed by atoms with Crippen molar-refractivity contribution in [3.05, 3.63) is 109 Å². The summed E-state index contributed by atoms with van der Waals surface area (Å²) in [6.07, 6.45) is 58.7. The third-order valence-electron chi connectivity index (χ3n) is 9.76. The fourth-order valence-electron chi connectivity index (χ4n) is 5.96. The van der Waals surface area contributed by atoms with E-state index in [9.17, 15) is 19.5 Å². The van der Waals surface area contributed by atoms with Gasteiger partial charge in [0.25, 0.3) is 6.29 Å². The zero-order chi connectivity index (χ0) is 47.0. The number of carbonyl (C=O) groups is 3. The summed E-state index contributed by atoms with van der Waals surface area (Å²) in [5.74, 6) is -2.10. The molecule has 64 heavy (non-hydrogen) atoms.